The molecule has 0 heterocycles. The predicted octanol–water partition coefficient (Wildman–Crippen LogP) is 3.20. The molecule has 1 aromatic carbocycles. The molecule has 1 aliphatic carbocycles. The summed E-state index contributed by atoms with van der Waals surface area (Å²) in [4.78, 5) is 26.5. The fourth-order valence-electron chi connectivity index (χ4n) is 3.56. The average molecular weight is 404 g/mol. The van der Waals surface area contributed by atoms with E-state index in [1.807, 2.05) is 40.7 Å². The van der Waals surface area contributed by atoms with Crippen molar-refractivity contribution in [3.8, 4) is 0 Å². The maximum Gasteiger partial charge on any atom is 0.338 e. The molecular weight excluding hydrogens is 370 g/mol. The molecule has 1 aromatic rings. The summed E-state index contributed by atoms with van der Waals surface area (Å²) in [6.07, 6.45) is 0.246. The third-order valence-electron chi connectivity index (χ3n) is 5.54. The molecule has 3 unspecified atom stereocenters. The quantitative estimate of drug-likeness (QED) is 0.559. The minimum absolute atomic E-state index is 0.0157. The fraction of sp³-hybridized carbons (Fsp3) is 0.565. The Morgan fingerprint density at radius 3 is 2.38 bits per heavy atom. The molecule has 0 fully saturated rings. The molecule has 160 valence electrons. The van der Waals surface area contributed by atoms with E-state index in [-0.39, 0.29) is 18.6 Å². The monoisotopic (exact) mass is 403 g/mol. The van der Waals surface area contributed by atoms with Crippen LogP contribution < -0.4 is 0 Å². The molecule has 0 saturated heterocycles. The van der Waals surface area contributed by atoms with Gasteiger partial charge in [0, 0.05) is 13.1 Å². The Morgan fingerprint density at radius 2 is 1.79 bits per heavy atom. The van der Waals surface area contributed by atoms with E-state index in [0.717, 1.165) is 5.57 Å². The van der Waals surface area contributed by atoms with Crippen LogP contribution >= 0.6 is 0 Å². The van der Waals surface area contributed by atoms with Crippen molar-refractivity contribution in [1.82, 2.24) is 4.90 Å². The normalized spacial score (nSPS) is 23.7. The van der Waals surface area contributed by atoms with E-state index in [9.17, 15) is 14.7 Å². The lowest BCUT2D eigenvalue weighted by Crippen LogP contribution is -2.41. The molecule has 2 rings (SSSR count). The average Bonchev–Trinajstić information content (AvgIpc) is 2.78. The van der Waals surface area contributed by atoms with Gasteiger partial charge in [0.05, 0.1) is 17.8 Å². The van der Waals surface area contributed by atoms with E-state index >= 15 is 0 Å². The van der Waals surface area contributed by atoms with Gasteiger partial charge in [-0.2, -0.15) is 0 Å². The number of hydrogen-bond acceptors (Lipinski definition) is 5. The van der Waals surface area contributed by atoms with Crippen molar-refractivity contribution in [3.05, 3.63) is 47.5 Å². The van der Waals surface area contributed by atoms with Crippen LogP contribution in [-0.2, 0) is 14.3 Å². The lowest BCUT2D eigenvalue weighted by Gasteiger charge is -2.34. The van der Waals surface area contributed by atoms with Gasteiger partial charge in [-0.25, -0.2) is 4.79 Å². The van der Waals surface area contributed by atoms with Crippen molar-refractivity contribution in [2.24, 2.45) is 5.41 Å². The van der Waals surface area contributed by atoms with Gasteiger partial charge in [-0.3, -0.25) is 4.79 Å². The molecule has 6 heteroatoms. The van der Waals surface area contributed by atoms with Crippen LogP contribution in [0.25, 0.3) is 0 Å². The number of nitrogens with zero attached hydrogens (tertiary/aromatic N) is 1. The Bertz CT molecular complexity index is 724. The zero-order valence-electron chi connectivity index (χ0n) is 18.1. The molecule has 0 radical (unpaired) electrons. The van der Waals surface area contributed by atoms with Gasteiger partial charge in [-0.15, -0.1) is 0 Å². The topological polar surface area (TPSA) is 76.1 Å². The Balaban J connectivity index is 2.14. The second-order valence-corrected chi connectivity index (χ2v) is 8.15. The lowest BCUT2D eigenvalue weighted by atomic mass is 9.80. The summed E-state index contributed by atoms with van der Waals surface area (Å²) < 4.78 is 11.6. The molecule has 0 aromatic heterocycles. The number of likely N-dealkylation sites (N-methyl/N-ethyl adjacent to an activating group) is 1. The maximum atomic E-state index is 12.5. The van der Waals surface area contributed by atoms with E-state index in [1.165, 1.54) is 0 Å². The number of ether oxygens (including phenoxy) is 2. The number of rotatable bonds is 7. The Kier molecular flexibility index (Phi) is 7.99. The smallest absolute Gasteiger partial charge is 0.338 e. The van der Waals surface area contributed by atoms with Gasteiger partial charge in [0.1, 0.15) is 12.7 Å². The van der Waals surface area contributed by atoms with Crippen molar-refractivity contribution >= 4 is 11.9 Å². The number of aliphatic hydroxyl groups is 1. The van der Waals surface area contributed by atoms with Gasteiger partial charge in [-0.05, 0) is 56.4 Å². The lowest BCUT2D eigenvalue weighted by molar-refractivity contribution is -0.138. The first-order valence-electron chi connectivity index (χ1n) is 10.2. The molecule has 1 amide bonds. The van der Waals surface area contributed by atoms with Crippen LogP contribution in [0.2, 0.25) is 0 Å². The van der Waals surface area contributed by atoms with Crippen LogP contribution in [0.15, 0.2) is 42.0 Å². The van der Waals surface area contributed by atoms with Crippen molar-refractivity contribution in [1.29, 1.82) is 0 Å². The molecular formula is C23H33NO5. The van der Waals surface area contributed by atoms with E-state index in [0.29, 0.717) is 25.1 Å². The number of benzene rings is 1. The van der Waals surface area contributed by atoms with Crippen LogP contribution in [0.5, 0.6) is 0 Å². The molecule has 6 nitrogen and oxygen atoms in total. The van der Waals surface area contributed by atoms with Crippen LogP contribution in [0.1, 0.15) is 51.4 Å². The first kappa shape index (κ1) is 23.1. The van der Waals surface area contributed by atoms with Gasteiger partial charge < -0.3 is 19.5 Å². The highest BCUT2D eigenvalue weighted by Crippen LogP contribution is 2.37. The SMILES string of the molecule is CCN(CC)C(=O)COC1CC(C)(C)C(O)C(OC(=O)c2ccccc2)C=C1C. The second-order valence-electron chi connectivity index (χ2n) is 8.15. The summed E-state index contributed by atoms with van der Waals surface area (Å²) in [6, 6.07) is 8.71. The van der Waals surface area contributed by atoms with Gasteiger partial charge in [0.25, 0.3) is 0 Å². The molecule has 29 heavy (non-hydrogen) atoms. The van der Waals surface area contributed by atoms with E-state index in [4.69, 9.17) is 9.47 Å². The van der Waals surface area contributed by atoms with Crippen molar-refractivity contribution in [2.75, 3.05) is 19.7 Å². The van der Waals surface area contributed by atoms with E-state index in [2.05, 4.69) is 0 Å². The highest BCUT2D eigenvalue weighted by atomic mass is 16.6. The zero-order chi connectivity index (χ0) is 21.6. The van der Waals surface area contributed by atoms with Crippen molar-refractivity contribution in [3.63, 3.8) is 0 Å². The summed E-state index contributed by atoms with van der Waals surface area (Å²) in [7, 11) is 0. The minimum atomic E-state index is -0.891. The van der Waals surface area contributed by atoms with Gasteiger partial charge in [0.15, 0.2) is 0 Å². The largest absolute Gasteiger partial charge is 0.452 e. The fourth-order valence-corrected chi connectivity index (χ4v) is 3.56. The third-order valence-corrected chi connectivity index (χ3v) is 5.54. The molecule has 0 bridgehead atoms. The Labute approximate surface area is 173 Å². The molecule has 0 aliphatic heterocycles. The summed E-state index contributed by atoms with van der Waals surface area (Å²) in [6.45, 7) is 10.8. The number of hydrogen-bond donors (Lipinski definition) is 1. The van der Waals surface area contributed by atoms with Crippen LogP contribution in [0, 0.1) is 5.41 Å². The summed E-state index contributed by atoms with van der Waals surface area (Å²) in [5.74, 6) is -0.539. The Morgan fingerprint density at radius 1 is 1.17 bits per heavy atom. The highest BCUT2D eigenvalue weighted by molar-refractivity contribution is 5.89. The molecule has 1 N–H and O–H groups in total. The highest BCUT2D eigenvalue weighted by Gasteiger charge is 2.41. The minimum Gasteiger partial charge on any atom is -0.452 e. The number of amides is 1. The number of aliphatic hydroxyl groups excluding tert-OH is 1. The molecule has 3 atom stereocenters. The molecule has 1 aliphatic rings. The first-order chi connectivity index (χ1) is 13.7. The third kappa shape index (κ3) is 5.90. The molecule has 0 saturated carbocycles. The van der Waals surface area contributed by atoms with Crippen LogP contribution in [0.4, 0.5) is 0 Å². The summed E-state index contributed by atoms with van der Waals surface area (Å²) in [5, 5.41) is 10.9. The van der Waals surface area contributed by atoms with Crippen molar-refractivity contribution in [2.45, 2.75) is 59.4 Å². The Hall–Kier alpha value is -2.18. The van der Waals surface area contributed by atoms with E-state index < -0.39 is 23.6 Å². The zero-order valence-corrected chi connectivity index (χ0v) is 18.1. The molecule has 0 spiro atoms. The van der Waals surface area contributed by atoms with Gasteiger partial charge >= 0.3 is 5.97 Å². The second kappa shape index (κ2) is 10.0. The van der Waals surface area contributed by atoms with Crippen LogP contribution in [0.3, 0.4) is 0 Å². The van der Waals surface area contributed by atoms with Crippen molar-refractivity contribution < 1.29 is 24.2 Å². The maximum absolute atomic E-state index is 12.5. The predicted molar refractivity (Wildman–Crippen MR) is 111 cm³/mol. The number of esters is 1. The van der Waals surface area contributed by atoms with Gasteiger partial charge in [0.2, 0.25) is 5.91 Å². The summed E-state index contributed by atoms with van der Waals surface area (Å²) in [5.41, 5.74) is 0.706. The number of carbonyl (C=O) groups excluding carboxylic acids is 2. The first-order valence-corrected chi connectivity index (χ1v) is 10.2. The summed E-state index contributed by atoms with van der Waals surface area (Å²) >= 11 is 0. The van der Waals surface area contributed by atoms with Crippen LogP contribution in [-0.4, -0.2) is 59.9 Å². The van der Waals surface area contributed by atoms with Gasteiger partial charge in [-0.1, -0.05) is 32.0 Å². The van der Waals surface area contributed by atoms with E-state index in [1.54, 1.807) is 35.2 Å². The number of carbonyl (C=O) groups is 2. The standard InChI is InChI=1S/C23H33NO5/c1-6-24(7-2)20(25)15-28-19-14-23(4,5)21(26)18(13-16(19)3)29-22(27)17-11-9-8-10-12-17/h8-13,18-19,21,26H,6-7,14-15H2,1-5H3.